The topological polar surface area (TPSA) is 66.8 Å². The number of ether oxygens (including phenoxy) is 1. The molecule has 0 saturated carbocycles. The maximum absolute atomic E-state index is 12.5. The van der Waals surface area contributed by atoms with E-state index in [0.29, 0.717) is 6.42 Å². The van der Waals surface area contributed by atoms with E-state index in [1.165, 1.54) is 0 Å². The molecule has 0 spiro atoms. The molecule has 1 saturated heterocycles. The summed E-state index contributed by atoms with van der Waals surface area (Å²) in [6, 6.07) is -0.253. The van der Waals surface area contributed by atoms with E-state index in [0.717, 1.165) is 4.90 Å². The lowest BCUT2D eigenvalue weighted by Crippen LogP contribution is -2.47. The van der Waals surface area contributed by atoms with Crippen LogP contribution in [0.2, 0.25) is 0 Å². The maximum Gasteiger partial charge on any atom is 0.417 e. The molecule has 0 aromatic heterocycles. The van der Waals surface area contributed by atoms with Crippen LogP contribution in [-0.4, -0.2) is 40.8 Å². The number of amides is 2. The van der Waals surface area contributed by atoms with Crippen LogP contribution < -0.4 is 0 Å². The van der Waals surface area contributed by atoms with Crippen LogP contribution >= 0.6 is 0 Å². The lowest BCUT2D eigenvalue weighted by Gasteiger charge is -2.27. The molecule has 1 aliphatic heterocycles. The predicted octanol–water partition coefficient (Wildman–Crippen LogP) is 1.95. The molecule has 3 atom stereocenters. The Balaban J connectivity index is 2.97. The number of hydrogen-bond donors (Lipinski definition) is 1. The quantitative estimate of drug-likeness (QED) is 0.775. The van der Waals surface area contributed by atoms with E-state index in [9.17, 15) is 14.7 Å². The van der Waals surface area contributed by atoms with E-state index in [-0.39, 0.29) is 24.5 Å². The highest BCUT2D eigenvalue weighted by Crippen LogP contribution is 2.24. The molecule has 0 aromatic carbocycles. The second kappa shape index (κ2) is 6.70. The van der Waals surface area contributed by atoms with Crippen LogP contribution in [0.25, 0.3) is 0 Å². The Morgan fingerprint density at radius 1 is 1.58 bits per heavy atom. The van der Waals surface area contributed by atoms with Crippen LogP contribution in [0.4, 0.5) is 4.79 Å². The third-order valence-corrected chi connectivity index (χ3v) is 3.43. The number of cyclic esters (lactones) is 1. The highest BCUT2D eigenvalue weighted by molar-refractivity contribution is 5.95. The summed E-state index contributed by atoms with van der Waals surface area (Å²) in [5.74, 6) is -0.948. The van der Waals surface area contributed by atoms with Crippen LogP contribution in [0.15, 0.2) is 12.2 Å². The fourth-order valence-electron chi connectivity index (χ4n) is 2.18. The van der Waals surface area contributed by atoms with Crippen molar-refractivity contribution in [1.82, 2.24) is 4.90 Å². The van der Waals surface area contributed by atoms with Crippen LogP contribution in [-0.2, 0) is 9.53 Å². The van der Waals surface area contributed by atoms with Crippen molar-refractivity contribution in [2.24, 2.45) is 11.8 Å². The zero-order valence-corrected chi connectivity index (χ0v) is 12.0. The molecule has 1 heterocycles. The Morgan fingerprint density at radius 3 is 2.68 bits per heavy atom. The summed E-state index contributed by atoms with van der Waals surface area (Å²) < 4.78 is 4.96. The number of hydrogen-bond acceptors (Lipinski definition) is 4. The van der Waals surface area contributed by atoms with Crippen molar-refractivity contribution in [2.45, 2.75) is 46.3 Å². The molecule has 19 heavy (non-hydrogen) atoms. The van der Waals surface area contributed by atoms with Crippen molar-refractivity contribution in [3.8, 4) is 0 Å². The minimum atomic E-state index is -0.787. The summed E-state index contributed by atoms with van der Waals surface area (Å²) in [5, 5.41) is 9.94. The number of imide groups is 1. The van der Waals surface area contributed by atoms with E-state index in [1.807, 2.05) is 13.8 Å². The number of carbonyl (C=O) groups is 2. The summed E-state index contributed by atoms with van der Waals surface area (Å²) >= 11 is 0. The third-order valence-electron chi connectivity index (χ3n) is 3.43. The second-order valence-corrected chi connectivity index (χ2v) is 5.12. The monoisotopic (exact) mass is 269 g/mol. The highest BCUT2D eigenvalue weighted by atomic mass is 16.6. The van der Waals surface area contributed by atoms with E-state index >= 15 is 0 Å². The number of allylic oxidation sites excluding steroid dienone is 1. The Labute approximate surface area is 114 Å². The van der Waals surface area contributed by atoms with Gasteiger partial charge in [0, 0.05) is 0 Å². The third kappa shape index (κ3) is 3.35. The average molecular weight is 269 g/mol. The van der Waals surface area contributed by atoms with Crippen LogP contribution in [0.1, 0.15) is 34.1 Å². The van der Waals surface area contributed by atoms with Gasteiger partial charge < -0.3 is 9.84 Å². The lowest BCUT2D eigenvalue weighted by molar-refractivity contribution is -0.135. The van der Waals surface area contributed by atoms with Gasteiger partial charge in [0.05, 0.1) is 18.1 Å². The van der Waals surface area contributed by atoms with Gasteiger partial charge >= 0.3 is 6.09 Å². The lowest BCUT2D eigenvalue weighted by atomic mass is 9.96. The van der Waals surface area contributed by atoms with Crippen molar-refractivity contribution in [3.63, 3.8) is 0 Å². The first-order valence-electron chi connectivity index (χ1n) is 6.74. The molecule has 108 valence electrons. The fourth-order valence-corrected chi connectivity index (χ4v) is 2.18. The van der Waals surface area contributed by atoms with Gasteiger partial charge in [-0.3, -0.25) is 4.79 Å². The molecule has 1 aliphatic rings. The Morgan fingerprint density at radius 2 is 2.21 bits per heavy atom. The molecule has 0 aliphatic carbocycles. The first kappa shape index (κ1) is 15.7. The largest absolute Gasteiger partial charge is 0.447 e. The average Bonchev–Trinajstić information content (AvgIpc) is 2.76. The van der Waals surface area contributed by atoms with Crippen molar-refractivity contribution >= 4 is 12.0 Å². The van der Waals surface area contributed by atoms with Crippen molar-refractivity contribution < 1.29 is 19.4 Å². The van der Waals surface area contributed by atoms with E-state index in [1.54, 1.807) is 26.0 Å². The fraction of sp³-hybridized carbons (Fsp3) is 0.714. The van der Waals surface area contributed by atoms with Crippen molar-refractivity contribution in [1.29, 1.82) is 0 Å². The minimum Gasteiger partial charge on any atom is -0.447 e. The minimum absolute atomic E-state index is 0.125. The van der Waals surface area contributed by atoms with Crippen molar-refractivity contribution in [3.05, 3.63) is 12.2 Å². The number of rotatable bonds is 5. The molecular weight excluding hydrogens is 246 g/mol. The van der Waals surface area contributed by atoms with Gasteiger partial charge in [0.25, 0.3) is 0 Å². The van der Waals surface area contributed by atoms with Gasteiger partial charge in [0.2, 0.25) is 5.91 Å². The smallest absolute Gasteiger partial charge is 0.417 e. The maximum atomic E-state index is 12.5. The molecule has 0 aromatic rings. The number of nitrogens with zero attached hydrogens (tertiary/aromatic N) is 1. The summed E-state index contributed by atoms with van der Waals surface area (Å²) in [5.41, 5.74) is 0. The van der Waals surface area contributed by atoms with Gasteiger partial charge in [-0.1, -0.05) is 32.9 Å². The van der Waals surface area contributed by atoms with Gasteiger partial charge in [0.15, 0.2) is 0 Å². The van der Waals surface area contributed by atoms with E-state index < -0.39 is 18.1 Å². The first-order chi connectivity index (χ1) is 8.93. The van der Waals surface area contributed by atoms with E-state index in [2.05, 4.69) is 0 Å². The summed E-state index contributed by atoms with van der Waals surface area (Å²) in [6.07, 6.45) is 2.41. The molecule has 0 bridgehead atoms. The zero-order valence-electron chi connectivity index (χ0n) is 12.0. The summed E-state index contributed by atoms with van der Waals surface area (Å²) in [4.78, 5) is 25.4. The Kier molecular flexibility index (Phi) is 5.54. The molecule has 0 unspecified atom stereocenters. The number of carbonyl (C=O) groups excluding carboxylic acids is 2. The highest BCUT2D eigenvalue weighted by Gasteiger charge is 2.42. The van der Waals surface area contributed by atoms with Gasteiger partial charge in [-0.25, -0.2) is 9.69 Å². The molecular formula is C14H23NO4. The molecule has 5 heteroatoms. The first-order valence-corrected chi connectivity index (χ1v) is 6.74. The van der Waals surface area contributed by atoms with Crippen LogP contribution in [0.3, 0.4) is 0 Å². The molecule has 0 radical (unpaired) electrons. The van der Waals surface area contributed by atoms with Gasteiger partial charge in [-0.15, -0.1) is 0 Å². The normalized spacial score (nSPS) is 22.9. The Hall–Kier alpha value is -1.36. The summed E-state index contributed by atoms with van der Waals surface area (Å²) in [6.45, 7) is 7.69. The molecule has 1 N–H and O–H groups in total. The van der Waals surface area contributed by atoms with Gasteiger partial charge in [-0.2, -0.15) is 0 Å². The predicted molar refractivity (Wildman–Crippen MR) is 71.4 cm³/mol. The van der Waals surface area contributed by atoms with Gasteiger partial charge in [-0.05, 0) is 19.3 Å². The van der Waals surface area contributed by atoms with Crippen molar-refractivity contribution in [2.75, 3.05) is 6.61 Å². The van der Waals surface area contributed by atoms with Crippen LogP contribution in [0, 0.1) is 11.8 Å². The standard InChI is InChI=1S/C14H23NO4/c1-5-7-10(12(16)6-2)13(17)15-11(9(3)4)8-19-14(15)18/h5,7,9-12,16H,6,8H2,1-4H3/b7-5-/t10-,11+,12+/m0/s1. The summed E-state index contributed by atoms with van der Waals surface area (Å²) in [7, 11) is 0. The molecule has 1 fully saturated rings. The zero-order chi connectivity index (χ0) is 14.6. The molecule has 1 rings (SSSR count). The number of aliphatic hydroxyl groups is 1. The molecule has 2 amide bonds. The second-order valence-electron chi connectivity index (χ2n) is 5.12. The number of aliphatic hydroxyl groups excluding tert-OH is 1. The Bertz CT molecular complexity index is 364. The van der Waals surface area contributed by atoms with Crippen LogP contribution in [0.5, 0.6) is 0 Å². The van der Waals surface area contributed by atoms with E-state index in [4.69, 9.17) is 4.74 Å². The SMILES string of the molecule is C/C=C\[C@H](C(=O)N1C(=O)OC[C@@H]1C(C)C)[C@H](O)CC. The van der Waals surface area contributed by atoms with Gasteiger partial charge in [0.1, 0.15) is 6.61 Å². The molecule has 5 nitrogen and oxygen atoms in total.